The molecule has 5 nitrogen and oxygen atoms in total. The number of aromatic amines is 1. The lowest BCUT2D eigenvalue weighted by molar-refractivity contribution is 0.624. The molecule has 0 aliphatic heterocycles. The number of nitrogens with one attached hydrogen (secondary N) is 2. The van der Waals surface area contributed by atoms with Crippen molar-refractivity contribution >= 4 is 17.0 Å². The van der Waals surface area contributed by atoms with Gasteiger partial charge >= 0.3 is 0 Å². The first-order valence-corrected chi connectivity index (χ1v) is 5.42. The summed E-state index contributed by atoms with van der Waals surface area (Å²) in [4.78, 5) is 15.3. The Kier molecular flexibility index (Phi) is 2.40. The van der Waals surface area contributed by atoms with Crippen LogP contribution < -0.4 is 5.32 Å². The van der Waals surface area contributed by atoms with E-state index in [-0.39, 0.29) is 0 Å². The Balaban J connectivity index is 2.17. The Morgan fingerprint density at radius 1 is 1.22 bits per heavy atom. The lowest BCUT2D eigenvalue weighted by atomic mass is 10.2. The van der Waals surface area contributed by atoms with Crippen molar-refractivity contribution in [3.05, 3.63) is 36.4 Å². The summed E-state index contributed by atoms with van der Waals surface area (Å²) < 4.78 is 13.6. The van der Waals surface area contributed by atoms with Crippen LogP contribution in [-0.4, -0.2) is 27.0 Å². The molecular formula is C12H10FN5. The van der Waals surface area contributed by atoms with Gasteiger partial charge in [0.25, 0.3) is 0 Å². The molecule has 0 fully saturated rings. The van der Waals surface area contributed by atoms with Gasteiger partial charge in [-0.2, -0.15) is 0 Å². The molecule has 6 heteroatoms. The van der Waals surface area contributed by atoms with Gasteiger partial charge in [0.05, 0.1) is 17.3 Å². The van der Waals surface area contributed by atoms with Crippen LogP contribution >= 0.6 is 0 Å². The Bertz CT molecular complexity index is 707. The van der Waals surface area contributed by atoms with Gasteiger partial charge in [0.1, 0.15) is 11.6 Å². The molecule has 0 aromatic carbocycles. The molecule has 0 spiro atoms. The van der Waals surface area contributed by atoms with E-state index >= 15 is 0 Å². The van der Waals surface area contributed by atoms with Crippen molar-refractivity contribution in [3.8, 4) is 11.4 Å². The van der Waals surface area contributed by atoms with Gasteiger partial charge in [0.2, 0.25) is 0 Å². The Hall–Kier alpha value is -2.50. The second-order valence-corrected chi connectivity index (χ2v) is 3.76. The van der Waals surface area contributed by atoms with Crippen LogP contribution in [0.3, 0.4) is 0 Å². The molecule has 3 aromatic heterocycles. The molecule has 3 heterocycles. The first kappa shape index (κ1) is 10.6. The smallest absolute Gasteiger partial charge is 0.180 e. The molecule has 0 aliphatic carbocycles. The zero-order chi connectivity index (χ0) is 12.5. The maximum Gasteiger partial charge on any atom is 0.180 e. The van der Waals surface area contributed by atoms with E-state index in [0.717, 1.165) is 17.5 Å². The van der Waals surface area contributed by atoms with Crippen LogP contribution in [0.25, 0.3) is 22.6 Å². The number of aromatic nitrogens is 4. The van der Waals surface area contributed by atoms with Crippen LogP contribution in [-0.2, 0) is 0 Å². The molecule has 3 aromatic rings. The SMILES string of the molecule is CNc1ccc2[nH]c(-c3ccncc3F)nc2n1. The van der Waals surface area contributed by atoms with Gasteiger partial charge < -0.3 is 10.3 Å². The molecule has 0 saturated carbocycles. The molecule has 90 valence electrons. The number of imidazole rings is 1. The third-order valence-electron chi connectivity index (χ3n) is 2.63. The summed E-state index contributed by atoms with van der Waals surface area (Å²) in [5, 5.41) is 2.93. The molecule has 0 atom stereocenters. The number of hydrogen-bond donors (Lipinski definition) is 2. The van der Waals surface area contributed by atoms with Crippen molar-refractivity contribution in [2.45, 2.75) is 0 Å². The Labute approximate surface area is 102 Å². The van der Waals surface area contributed by atoms with Crippen LogP contribution in [0, 0.1) is 5.82 Å². The predicted octanol–water partition coefficient (Wildman–Crippen LogP) is 2.20. The highest BCUT2D eigenvalue weighted by molar-refractivity contribution is 5.77. The molecular weight excluding hydrogens is 233 g/mol. The minimum atomic E-state index is -0.412. The molecule has 18 heavy (non-hydrogen) atoms. The molecule has 0 unspecified atom stereocenters. The third kappa shape index (κ3) is 1.67. The Morgan fingerprint density at radius 3 is 2.89 bits per heavy atom. The second-order valence-electron chi connectivity index (χ2n) is 3.76. The van der Waals surface area contributed by atoms with E-state index in [1.807, 2.05) is 12.1 Å². The van der Waals surface area contributed by atoms with E-state index in [2.05, 4.69) is 25.3 Å². The van der Waals surface area contributed by atoms with Crippen molar-refractivity contribution in [2.75, 3.05) is 12.4 Å². The normalized spacial score (nSPS) is 10.8. The van der Waals surface area contributed by atoms with Crippen LogP contribution in [0.1, 0.15) is 0 Å². The topological polar surface area (TPSA) is 66.5 Å². The van der Waals surface area contributed by atoms with E-state index in [9.17, 15) is 4.39 Å². The zero-order valence-electron chi connectivity index (χ0n) is 9.61. The first-order valence-electron chi connectivity index (χ1n) is 5.42. The molecule has 0 amide bonds. The van der Waals surface area contributed by atoms with Crippen molar-refractivity contribution in [1.82, 2.24) is 19.9 Å². The quantitative estimate of drug-likeness (QED) is 0.724. The molecule has 2 N–H and O–H groups in total. The summed E-state index contributed by atoms with van der Waals surface area (Å²) in [6.45, 7) is 0. The average Bonchev–Trinajstić information content (AvgIpc) is 2.81. The number of pyridine rings is 2. The fourth-order valence-corrected chi connectivity index (χ4v) is 1.73. The van der Waals surface area contributed by atoms with Crippen LogP contribution in [0.2, 0.25) is 0 Å². The summed E-state index contributed by atoms with van der Waals surface area (Å²) >= 11 is 0. The first-order chi connectivity index (χ1) is 8.78. The maximum absolute atomic E-state index is 13.6. The minimum Gasteiger partial charge on any atom is -0.373 e. The fraction of sp³-hybridized carbons (Fsp3) is 0.0833. The predicted molar refractivity (Wildman–Crippen MR) is 66.6 cm³/mol. The van der Waals surface area contributed by atoms with E-state index in [0.29, 0.717) is 17.0 Å². The summed E-state index contributed by atoms with van der Waals surface area (Å²) in [5.74, 6) is 0.756. The molecule has 3 rings (SSSR count). The second kappa shape index (κ2) is 4.06. The number of nitrogens with zero attached hydrogens (tertiary/aromatic N) is 3. The van der Waals surface area contributed by atoms with Gasteiger partial charge in [-0.05, 0) is 18.2 Å². The summed E-state index contributed by atoms with van der Waals surface area (Å²) in [6, 6.07) is 5.25. The molecule has 0 bridgehead atoms. The monoisotopic (exact) mass is 243 g/mol. The standard InChI is InChI=1S/C12H10FN5/c1-14-10-3-2-9-12(17-10)18-11(16-9)7-4-5-15-6-8(7)13/h2-6H,1H3,(H2,14,16,17,18). The van der Waals surface area contributed by atoms with Gasteiger partial charge in [-0.3, -0.25) is 4.98 Å². The number of hydrogen-bond acceptors (Lipinski definition) is 4. The van der Waals surface area contributed by atoms with Crippen molar-refractivity contribution in [3.63, 3.8) is 0 Å². The van der Waals surface area contributed by atoms with Crippen molar-refractivity contribution in [2.24, 2.45) is 0 Å². The number of halogens is 1. The molecule has 0 radical (unpaired) electrons. The van der Waals surface area contributed by atoms with Gasteiger partial charge in [-0.15, -0.1) is 0 Å². The van der Waals surface area contributed by atoms with E-state index in [4.69, 9.17) is 0 Å². The van der Waals surface area contributed by atoms with Crippen LogP contribution in [0.5, 0.6) is 0 Å². The average molecular weight is 243 g/mol. The van der Waals surface area contributed by atoms with E-state index < -0.39 is 5.82 Å². The van der Waals surface area contributed by atoms with Gasteiger partial charge in [0.15, 0.2) is 11.5 Å². The van der Waals surface area contributed by atoms with Crippen molar-refractivity contribution in [1.29, 1.82) is 0 Å². The highest BCUT2D eigenvalue weighted by atomic mass is 19.1. The number of anilines is 1. The van der Waals surface area contributed by atoms with Gasteiger partial charge in [0, 0.05) is 13.2 Å². The fourth-order valence-electron chi connectivity index (χ4n) is 1.73. The number of fused-ring (bicyclic) bond motifs is 1. The minimum absolute atomic E-state index is 0.383. The Morgan fingerprint density at radius 2 is 2.11 bits per heavy atom. The maximum atomic E-state index is 13.6. The number of rotatable bonds is 2. The van der Waals surface area contributed by atoms with Gasteiger partial charge in [-0.1, -0.05) is 0 Å². The lowest BCUT2D eigenvalue weighted by Gasteiger charge is -1.96. The van der Waals surface area contributed by atoms with E-state index in [1.165, 1.54) is 6.20 Å². The zero-order valence-corrected chi connectivity index (χ0v) is 9.61. The van der Waals surface area contributed by atoms with Crippen LogP contribution in [0.15, 0.2) is 30.6 Å². The van der Waals surface area contributed by atoms with Gasteiger partial charge in [-0.25, -0.2) is 14.4 Å². The van der Waals surface area contributed by atoms with Crippen LogP contribution in [0.4, 0.5) is 10.2 Å². The molecule has 0 aliphatic rings. The summed E-state index contributed by atoms with van der Waals surface area (Å²) in [5.41, 5.74) is 1.70. The highest BCUT2D eigenvalue weighted by Gasteiger charge is 2.10. The number of H-pyrrole nitrogens is 1. The molecule has 0 saturated heterocycles. The lowest BCUT2D eigenvalue weighted by Crippen LogP contribution is -1.91. The third-order valence-corrected chi connectivity index (χ3v) is 2.63. The summed E-state index contributed by atoms with van der Waals surface area (Å²) in [7, 11) is 1.78. The van der Waals surface area contributed by atoms with E-state index in [1.54, 1.807) is 13.1 Å². The largest absolute Gasteiger partial charge is 0.373 e. The summed E-state index contributed by atoms with van der Waals surface area (Å²) in [6.07, 6.45) is 2.69. The highest BCUT2D eigenvalue weighted by Crippen LogP contribution is 2.22. The van der Waals surface area contributed by atoms with Crippen molar-refractivity contribution < 1.29 is 4.39 Å².